The third-order valence-corrected chi connectivity index (χ3v) is 4.09. The zero-order valence-electron chi connectivity index (χ0n) is 14.3. The second-order valence-corrected chi connectivity index (χ2v) is 6.08. The molecule has 0 rings (SSSR count). The van der Waals surface area contributed by atoms with Gasteiger partial charge in [-0.15, -0.1) is 0 Å². The van der Waals surface area contributed by atoms with Crippen LogP contribution < -0.4 is 0 Å². The third-order valence-electron chi connectivity index (χ3n) is 4.09. The fourth-order valence-corrected chi connectivity index (χ4v) is 2.50. The summed E-state index contributed by atoms with van der Waals surface area (Å²) >= 11 is 0. The molecular weight excluding hydrogens is 248 g/mol. The number of unbranched alkanes of at least 4 members (excludes halogenated alkanes) is 9. The molecule has 0 heterocycles. The normalized spacial score (nSPS) is 14.4. The largest absolute Gasteiger partial charge is 0.365 e. The summed E-state index contributed by atoms with van der Waals surface area (Å²) < 4.78 is 5.73. The lowest BCUT2D eigenvalue weighted by atomic mass is 10.0. The third kappa shape index (κ3) is 11.7. The first-order chi connectivity index (χ1) is 9.68. The maximum absolute atomic E-state index is 10.3. The first kappa shape index (κ1) is 19.9. The van der Waals surface area contributed by atoms with Gasteiger partial charge in [-0.2, -0.15) is 0 Å². The molecule has 20 heavy (non-hydrogen) atoms. The van der Waals surface area contributed by atoms with Crippen LogP contribution in [0.5, 0.6) is 0 Å². The second-order valence-electron chi connectivity index (χ2n) is 6.08. The SMILES string of the molecule is CCCCCCCCCCOC(O)(CC)CCCCC. The van der Waals surface area contributed by atoms with E-state index in [9.17, 15) is 5.11 Å². The molecule has 0 bridgehead atoms. The Morgan fingerprint density at radius 2 is 1.20 bits per heavy atom. The van der Waals surface area contributed by atoms with Gasteiger partial charge >= 0.3 is 0 Å². The van der Waals surface area contributed by atoms with Crippen molar-refractivity contribution in [2.75, 3.05) is 6.61 Å². The monoisotopic (exact) mass is 286 g/mol. The van der Waals surface area contributed by atoms with E-state index in [1.54, 1.807) is 0 Å². The van der Waals surface area contributed by atoms with Crippen molar-refractivity contribution < 1.29 is 9.84 Å². The van der Waals surface area contributed by atoms with E-state index < -0.39 is 5.79 Å². The fourth-order valence-electron chi connectivity index (χ4n) is 2.50. The first-order valence-corrected chi connectivity index (χ1v) is 9.04. The average Bonchev–Trinajstić information content (AvgIpc) is 2.46. The van der Waals surface area contributed by atoms with Crippen LogP contribution in [-0.2, 0) is 4.74 Å². The molecular formula is C18H38O2. The van der Waals surface area contributed by atoms with E-state index in [1.807, 2.05) is 6.92 Å². The highest BCUT2D eigenvalue weighted by atomic mass is 16.6. The molecule has 2 nitrogen and oxygen atoms in total. The van der Waals surface area contributed by atoms with Gasteiger partial charge in [-0.25, -0.2) is 0 Å². The van der Waals surface area contributed by atoms with Crippen molar-refractivity contribution in [3.63, 3.8) is 0 Å². The van der Waals surface area contributed by atoms with E-state index in [0.29, 0.717) is 13.0 Å². The molecule has 0 aliphatic heterocycles. The molecule has 0 aromatic rings. The van der Waals surface area contributed by atoms with Crippen LogP contribution in [0.4, 0.5) is 0 Å². The highest BCUT2D eigenvalue weighted by Gasteiger charge is 2.24. The molecule has 122 valence electrons. The van der Waals surface area contributed by atoms with Gasteiger partial charge in [0, 0.05) is 6.42 Å². The smallest absolute Gasteiger partial charge is 0.165 e. The van der Waals surface area contributed by atoms with Gasteiger partial charge in [0.2, 0.25) is 0 Å². The lowest BCUT2D eigenvalue weighted by Crippen LogP contribution is -2.31. The van der Waals surface area contributed by atoms with Crippen molar-refractivity contribution >= 4 is 0 Å². The Bertz CT molecular complexity index is 194. The molecule has 0 saturated heterocycles. The molecule has 0 spiro atoms. The second kappa shape index (κ2) is 13.9. The topological polar surface area (TPSA) is 29.5 Å². The van der Waals surface area contributed by atoms with Gasteiger partial charge in [0.15, 0.2) is 5.79 Å². The Hall–Kier alpha value is -0.0800. The highest BCUT2D eigenvalue weighted by molar-refractivity contribution is 4.65. The molecule has 0 aromatic heterocycles. The maximum atomic E-state index is 10.3. The van der Waals surface area contributed by atoms with Gasteiger partial charge in [0.1, 0.15) is 0 Å². The fraction of sp³-hybridized carbons (Fsp3) is 1.00. The lowest BCUT2D eigenvalue weighted by molar-refractivity contribution is -0.210. The van der Waals surface area contributed by atoms with Gasteiger partial charge in [0.05, 0.1) is 6.61 Å². The summed E-state index contributed by atoms with van der Waals surface area (Å²) in [6.07, 6.45) is 15.4. The summed E-state index contributed by atoms with van der Waals surface area (Å²) in [5.74, 6) is -0.865. The van der Waals surface area contributed by atoms with Gasteiger partial charge < -0.3 is 9.84 Å². The summed E-state index contributed by atoms with van der Waals surface area (Å²) in [5.41, 5.74) is 0. The Balaban J connectivity index is 3.45. The van der Waals surface area contributed by atoms with Crippen LogP contribution >= 0.6 is 0 Å². The summed E-state index contributed by atoms with van der Waals surface area (Å²) in [7, 11) is 0. The molecule has 0 fully saturated rings. The molecule has 2 heteroatoms. The predicted molar refractivity (Wildman–Crippen MR) is 87.9 cm³/mol. The first-order valence-electron chi connectivity index (χ1n) is 9.04. The van der Waals surface area contributed by atoms with Crippen molar-refractivity contribution in [1.82, 2.24) is 0 Å². The van der Waals surface area contributed by atoms with Crippen LogP contribution in [0.2, 0.25) is 0 Å². The standard InChI is InChI=1S/C18H38O2/c1-4-7-9-10-11-12-13-15-17-20-18(19,6-3)16-14-8-5-2/h19H,4-17H2,1-3H3. The molecule has 0 aromatic carbocycles. The summed E-state index contributed by atoms with van der Waals surface area (Å²) in [5, 5.41) is 10.3. The number of ether oxygens (including phenoxy) is 1. The average molecular weight is 286 g/mol. The van der Waals surface area contributed by atoms with Crippen molar-refractivity contribution in [2.45, 2.75) is 110 Å². The van der Waals surface area contributed by atoms with Gasteiger partial charge in [-0.3, -0.25) is 0 Å². The minimum Gasteiger partial charge on any atom is -0.365 e. The molecule has 0 radical (unpaired) electrons. The maximum Gasteiger partial charge on any atom is 0.165 e. The number of aliphatic hydroxyl groups is 1. The zero-order valence-corrected chi connectivity index (χ0v) is 14.3. The minimum atomic E-state index is -0.865. The van der Waals surface area contributed by atoms with Crippen LogP contribution in [0.15, 0.2) is 0 Å². The van der Waals surface area contributed by atoms with Gasteiger partial charge in [-0.1, -0.05) is 78.6 Å². The van der Waals surface area contributed by atoms with Crippen molar-refractivity contribution in [3.8, 4) is 0 Å². The van der Waals surface area contributed by atoms with Crippen LogP contribution in [-0.4, -0.2) is 17.5 Å². The van der Waals surface area contributed by atoms with Gasteiger partial charge in [0.25, 0.3) is 0 Å². The predicted octanol–water partition coefficient (Wildman–Crippen LogP) is 5.82. The zero-order chi connectivity index (χ0) is 15.1. The Morgan fingerprint density at radius 3 is 1.75 bits per heavy atom. The van der Waals surface area contributed by atoms with Crippen molar-refractivity contribution in [2.24, 2.45) is 0 Å². The van der Waals surface area contributed by atoms with Crippen LogP contribution in [0, 0.1) is 0 Å². The highest BCUT2D eigenvalue weighted by Crippen LogP contribution is 2.21. The molecule has 0 aliphatic carbocycles. The summed E-state index contributed by atoms with van der Waals surface area (Å²) in [6.45, 7) is 7.17. The molecule has 1 N–H and O–H groups in total. The van der Waals surface area contributed by atoms with E-state index in [2.05, 4.69) is 13.8 Å². The van der Waals surface area contributed by atoms with E-state index in [-0.39, 0.29) is 0 Å². The van der Waals surface area contributed by atoms with Crippen molar-refractivity contribution in [3.05, 3.63) is 0 Å². The molecule has 1 atom stereocenters. The Labute approximate surface area is 127 Å². The lowest BCUT2D eigenvalue weighted by Gasteiger charge is -2.27. The van der Waals surface area contributed by atoms with E-state index in [1.165, 1.54) is 57.8 Å². The minimum absolute atomic E-state index is 0.702. The van der Waals surface area contributed by atoms with Gasteiger partial charge in [-0.05, 0) is 19.3 Å². The van der Waals surface area contributed by atoms with E-state index >= 15 is 0 Å². The van der Waals surface area contributed by atoms with Crippen LogP contribution in [0.1, 0.15) is 104 Å². The molecule has 1 unspecified atom stereocenters. The quantitative estimate of drug-likeness (QED) is 0.303. The van der Waals surface area contributed by atoms with Crippen molar-refractivity contribution in [1.29, 1.82) is 0 Å². The number of hydrogen-bond acceptors (Lipinski definition) is 2. The van der Waals surface area contributed by atoms with E-state index in [0.717, 1.165) is 19.3 Å². The van der Waals surface area contributed by atoms with Crippen LogP contribution in [0.25, 0.3) is 0 Å². The van der Waals surface area contributed by atoms with Crippen LogP contribution in [0.3, 0.4) is 0 Å². The molecule has 0 amide bonds. The number of rotatable bonds is 15. The van der Waals surface area contributed by atoms with E-state index in [4.69, 9.17) is 4.74 Å². The molecule has 0 saturated carbocycles. The summed E-state index contributed by atoms with van der Waals surface area (Å²) in [4.78, 5) is 0. The molecule has 0 aliphatic rings. The number of hydrogen-bond donors (Lipinski definition) is 1. The Kier molecular flexibility index (Phi) is 13.8. The summed E-state index contributed by atoms with van der Waals surface area (Å²) in [6, 6.07) is 0. The Morgan fingerprint density at radius 1 is 0.700 bits per heavy atom.